The van der Waals surface area contributed by atoms with Crippen molar-refractivity contribution in [3.63, 3.8) is 0 Å². The molecule has 1 aliphatic rings. The molecule has 2 rings (SSSR count). The zero-order valence-corrected chi connectivity index (χ0v) is 11.7. The van der Waals surface area contributed by atoms with Crippen LogP contribution in [0.15, 0.2) is 12.3 Å². The lowest BCUT2D eigenvalue weighted by atomic mass is 10.1. The summed E-state index contributed by atoms with van der Waals surface area (Å²) in [4.78, 5) is 15.4. The average molecular weight is 288 g/mol. The number of carbonyl (C=O) groups is 1. The largest absolute Gasteiger partial charge is 0.485 e. The number of aromatic nitrogens is 1. The number of carbonyl (C=O) groups excluding carboxylic acids is 1. The molecular formula is C12H18ClN3O3. The number of nitrogens with one attached hydrogen (secondary N) is 1. The summed E-state index contributed by atoms with van der Waals surface area (Å²) in [5.74, 6) is 0.649. The first-order valence-electron chi connectivity index (χ1n) is 5.83. The number of nitrogens with two attached hydrogens (primary N) is 1. The van der Waals surface area contributed by atoms with Crippen LogP contribution in [-0.2, 0) is 4.74 Å². The third kappa shape index (κ3) is 3.48. The molecule has 106 valence electrons. The Hall–Kier alpha value is -1.53. The molecule has 0 saturated carbocycles. The number of halogens is 1. The van der Waals surface area contributed by atoms with Crippen LogP contribution < -0.4 is 15.8 Å². The van der Waals surface area contributed by atoms with E-state index in [2.05, 4.69) is 22.0 Å². The smallest absolute Gasteiger partial charge is 0.339 e. The van der Waals surface area contributed by atoms with Crippen molar-refractivity contribution in [1.82, 2.24) is 10.3 Å². The van der Waals surface area contributed by atoms with Gasteiger partial charge in [-0.1, -0.05) is 6.92 Å². The van der Waals surface area contributed by atoms with Crippen LogP contribution in [0.25, 0.3) is 0 Å². The van der Waals surface area contributed by atoms with Gasteiger partial charge in [0, 0.05) is 31.3 Å². The van der Waals surface area contributed by atoms with Crippen LogP contribution in [0.1, 0.15) is 17.3 Å². The number of hydrogen-bond acceptors (Lipinski definition) is 6. The summed E-state index contributed by atoms with van der Waals surface area (Å²) in [6.45, 7) is 3.77. The van der Waals surface area contributed by atoms with Crippen LogP contribution in [0, 0.1) is 5.92 Å². The minimum atomic E-state index is -0.454. The van der Waals surface area contributed by atoms with Crippen LogP contribution >= 0.6 is 12.4 Å². The molecule has 0 radical (unpaired) electrons. The van der Waals surface area contributed by atoms with Gasteiger partial charge < -0.3 is 20.5 Å². The predicted molar refractivity (Wildman–Crippen MR) is 73.7 cm³/mol. The lowest BCUT2D eigenvalue weighted by Crippen LogP contribution is -2.25. The highest BCUT2D eigenvalue weighted by atomic mass is 35.5. The van der Waals surface area contributed by atoms with E-state index in [0.717, 1.165) is 13.1 Å². The number of rotatable bonds is 3. The molecular weight excluding hydrogens is 270 g/mol. The summed E-state index contributed by atoms with van der Waals surface area (Å²) < 4.78 is 10.4. The minimum Gasteiger partial charge on any atom is -0.485 e. The van der Waals surface area contributed by atoms with Crippen LogP contribution in [0.2, 0.25) is 0 Å². The molecule has 0 amide bonds. The number of ether oxygens (including phenoxy) is 2. The molecule has 1 fully saturated rings. The molecule has 0 spiro atoms. The van der Waals surface area contributed by atoms with E-state index in [-0.39, 0.29) is 24.3 Å². The molecule has 3 N–H and O–H groups in total. The van der Waals surface area contributed by atoms with E-state index in [1.54, 1.807) is 6.07 Å². The summed E-state index contributed by atoms with van der Waals surface area (Å²) in [5.41, 5.74) is 6.08. The standard InChI is InChI=1S/C12H17N3O3.ClH/c1-7-4-14-6-10(7)18-9-3-8(12(16)17-2)5-15-11(9)13;/h3,5,7,10,14H,4,6H2,1-2H3,(H2,13,15);1H/t7-,10-;/m0./s1. The maximum absolute atomic E-state index is 11.4. The lowest BCUT2D eigenvalue weighted by molar-refractivity contribution is 0.0599. The Morgan fingerprint density at radius 2 is 2.26 bits per heavy atom. The molecule has 2 heterocycles. The second kappa shape index (κ2) is 6.58. The zero-order valence-electron chi connectivity index (χ0n) is 10.9. The maximum atomic E-state index is 11.4. The summed E-state index contributed by atoms with van der Waals surface area (Å²) in [6.07, 6.45) is 1.42. The van der Waals surface area contributed by atoms with Crippen molar-refractivity contribution in [1.29, 1.82) is 0 Å². The zero-order chi connectivity index (χ0) is 13.1. The molecule has 1 aromatic rings. The number of nitrogens with zero attached hydrogens (tertiary/aromatic N) is 1. The number of pyridine rings is 1. The second-order valence-corrected chi connectivity index (χ2v) is 4.39. The molecule has 0 aromatic carbocycles. The Kier molecular flexibility index (Phi) is 5.38. The van der Waals surface area contributed by atoms with E-state index < -0.39 is 5.97 Å². The van der Waals surface area contributed by atoms with Crippen LogP contribution in [0.5, 0.6) is 5.75 Å². The van der Waals surface area contributed by atoms with Gasteiger partial charge in [0.05, 0.1) is 12.7 Å². The van der Waals surface area contributed by atoms with Gasteiger partial charge in [-0.15, -0.1) is 12.4 Å². The lowest BCUT2D eigenvalue weighted by Gasteiger charge is -2.18. The topological polar surface area (TPSA) is 86.5 Å². The third-order valence-corrected chi connectivity index (χ3v) is 3.03. The van der Waals surface area contributed by atoms with E-state index in [1.807, 2.05) is 0 Å². The Labute approximate surface area is 118 Å². The Morgan fingerprint density at radius 3 is 2.84 bits per heavy atom. The van der Waals surface area contributed by atoms with Crippen LogP contribution in [0.4, 0.5) is 5.82 Å². The van der Waals surface area contributed by atoms with Gasteiger partial charge in [0.15, 0.2) is 11.6 Å². The number of hydrogen-bond donors (Lipinski definition) is 2. The van der Waals surface area contributed by atoms with Gasteiger partial charge in [0.1, 0.15) is 6.10 Å². The highest BCUT2D eigenvalue weighted by Crippen LogP contribution is 2.24. The second-order valence-electron chi connectivity index (χ2n) is 4.39. The molecule has 0 unspecified atom stereocenters. The fourth-order valence-electron chi connectivity index (χ4n) is 1.89. The highest BCUT2D eigenvalue weighted by molar-refractivity contribution is 5.89. The fourth-order valence-corrected chi connectivity index (χ4v) is 1.89. The van der Waals surface area contributed by atoms with Crippen molar-refractivity contribution < 1.29 is 14.3 Å². The molecule has 2 atom stereocenters. The van der Waals surface area contributed by atoms with Gasteiger partial charge in [-0.3, -0.25) is 0 Å². The molecule has 0 bridgehead atoms. The fraction of sp³-hybridized carbons (Fsp3) is 0.500. The molecule has 0 aliphatic carbocycles. The predicted octanol–water partition coefficient (Wildman–Crippen LogP) is 0.859. The van der Waals surface area contributed by atoms with Crippen molar-refractivity contribution in [2.24, 2.45) is 5.92 Å². The summed E-state index contributed by atoms with van der Waals surface area (Å²) >= 11 is 0. The molecule has 1 aliphatic heterocycles. The molecule has 1 saturated heterocycles. The Bertz CT molecular complexity index is 456. The van der Waals surface area contributed by atoms with Gasteiger partial charge in [-0.25, -0.2) is 9.78 Å². The SMILES string of the molecule is COC(=O)c1cnc(N)c(O[C@H]2CNC[C@@H]2C)c1.Cl. The van der Waals surface area contributed by atoms with Crippen LogP contribution in [0.3, 0.4) is 0 Å². The Balaban J connectivity index is 0.00000180. The number of esters is 1. The minimum absolute atomic E-state index is 0. The molecule has 7 heteroatoms. The third-order valence-electron chi connectivity index (χ3n) is 3.03. The number of anilines is 1. The van der Waals surface area contributed by atoms with Gasteiger partial charge in [-0.05, 0) is 0 Å². The molecule has 1 aromatic heterocycles. The van der Waals surface area contributed by atoms with Crippen LogP contribution in [-0.4, -0.2) is 37.3 Å². The van der Waals surface area contributed by atoms with Crippen molar-refractivity contribution in [2.75, 3.05) is 25.9 Å². The summed E-state index contributed by atoms with van der Waals surface area (Å²) in [6, 6.07) is 1.57. The van der Waals surface area contributed by atoms with E-state index in [0.29, 0.717) is 17.2 Å². The number of nitrogen functional groups attached to an aromatic ring is 1. The maximum Gasteiger partial charge on any atom is 0.339 e. The van der Waals surface area contributed by atoms with Gasteiger partial charge in [0.25, 0.3) is 0 Å². The van der Waals surface area contributed by atoms with E-state index in [4.69, 9.17) is 10.5 Å². The quantitative estimate of drug-likeness (QED) is 0.802. The van der Waals surface area contributed by atoms with Crippen molar-refractivity contribution >= 4 is 24.2 Å². The monoisotopic (exact) mass is 287 g/mol. The molecule has 6 nitrogen and oxygen atoms in total. The molecule has 19 heavy (non-hydrogen) atoms. The van der Waals surface area contributed by atoms with Crippen molar-refractivity contribution in [3.8, 4) is 5.75 Å². The van der Waals surface area contributed by atoms with Gasteiger partial charge in [0.2, 0.25) is 0 Å². The van der Waals surface area contributed by atoms with Crippen molar-refractivity contribution in [2.45, 2.75) is 13.0 Å². The Morgan fingerprint density at radius 1 is 1.53 bits per heavy atom. The first-order chi connectivity index (χ1) is 8.61. The average Bonchev–Trinajstić information content (AvgIpc) is 2.77. The first-order valence-corrected chi connectivity index (χ1v) is 5.83. The normalized spacial score (nSPS) is 21.6. The van der Waals surface area contributed by atoms with E-state index >= 15 is 0 Å². The first kappa shape index (κ1) is 15.5. The van der Waals surface area contributed by atoms with Gasteiger partial charge in [-0.2, -0.15) is 0 Å². The summed E-state index contributed by atoms with van der Waals surface area (Å²) in [7, 11) is 1.32. The summed E-state index contributed by atoms with van der Waals surface area (Å²) in [5, 5.41) is 3.23. The van der Waals surface area contributed by atoms with E-state index in [1.165, 1.54) is 13.3 Å². The van der Waals surface area contributed by atoms with Gasteiger partial charge >= 0.3 is 5.97 Å². The van der Waals surface area contributed by atoms with Crippen molar-refractivity contribution in [3.05, 3.63) is 17.8 Å². The van der Waals surface area contributed by atoms with E-state index in [9.17, 15) is 4.79 Å². The number of methoxy groups -OCH3 is 1. The highest BCUT2D eigenvalue weighted by Gasteiger charge is 2.25.